The number of carbonyl (C=O) groups is 3. The molecule has 2 amide bonds. The summed E-state index contributed by atoms with van der Waals surface area (Å²) >= 11 is 1.51. The molecule has 1 heterocycles. The predicted molar refractivity (Wildman–Crippen MR) is 68.1 cm³/mol. The lowest BCUT2D eigenvalue weighted by molar-refractivity contribution is -0.145. The average molecular weight is 286 g/mol. The molecule has 0 aliphatic heterocycles. The Morgan fingerprint density at radius 1 is 1.32 bits per heavy atom. The number of rotatable bonds is 6. The van der Waals surface area contributed by atoms with E-state index in [2.05, 4.69) is 10.6 Å². The molecular formula is C11H14N2O5S. The summed E-state index contributed by atoms with van der Waals surface area (Å²) in [6, 6.07) is 1.61. The molecule has 8 heteroatoms. The molecule has 0 radical (unpaired) electrons. The summed E-state index contributed by atoms with van der Waals surface area (Å²) in [7, 11) is 0. The summed E-state index contributed by atoms with van der Waals surface area (Å²) < 4.78 is 0. The standard InChI is InChI=1S/C11H14N2O5S/c1-6-2-3-7(19-6)5-12-11(18)13-8(10(16)17)4-9(14)15/h2-3,8H,4-5H2,1H3,(H,14,15)(H,16,17)(H2,12,13,18)/t8-/m0/s1. The first-order valence-electron chi connectivity index (χ1n) is 5.42. The van der Waals surface area contributed by atoms with Gasteiger partial charge < -0.3 is 20.8 Å². The van der Waals surface area contributed by atoms with Gasteiger partial charge in [-0.05, 0) is 19.1 Å². The van der Waals surface area contributed by atoms with Gasteiger partial charge in [0.15, 0.2) is 0 Å². The number of nitrogens with one attached hydrogen (secondary N) is 2. The zero-order chi connectivity index (χ0) is 14.4. The first-order chi connectivity index (χ1) is 8.88. The smallest absolute Gasteiger partial charge is 0.326 e. The number of amides is 2. The normalized spacial score (nSPS) is 11.6. The summed E-state index contributed by atoms with van der Waals surface area (Å²) in [5, 5.41) is 21.9. The van der Waals surface area contributed by atoms with Gasteiger partial charge in [-0.15, -0.1) is 11.3 Å². The quantitative estimate of drug-likeness (QED) is 0.617. The second-order valence-corrected chi connectivity index (χ2v) is 5.20. The van der Waals surface area contributed by atoms with Crippen LogP contribution < -0.4 is 10.6 Å². The van der Waals surface area contributed by atoms with Crippen molar-refractivity contribution in [3.8, 4) is 0 Å². The van der Waals surface area contributed by atoms with Gasteiger partial charge in [0, 0.05) is 9.75 Å². The van der Waals surface area contributed by atoms with Gasteiger partial charge in [0.05, 0.1) is 13.0 Å². The minimum absolute atomic E-state index is 0.268. The second-order valence-electron chi connectivity index (χ2n) is 3.83. The van der Waals surface area contributed by atoms with Crippen LogP contribution in [-0.2, 0) is 16.1 Å². The predicted octanol–water partition coefficient (Wildman–Crippen LogP) is 0.784. The molecule has 0 bridgehead atoms. The highest BCUT2D eigenvalue weighted by Gasteiger charge is 2.22. The number of hydrogen-bond donors (Lipinski definition) is 4. The van der Waals surface area contributed by atoms with Crippen LogP contribution in [0.1, 0.15) is 16.2 Å². The molecule has 0 aromatic carbocycles. The fourth-order valence-corrected chi connectivity index (χ4v) is 2.16. The van der Waals surface area contributed by atoms with Crippen molar-refractivity contribution in [2.45, 2.75) is 25.9 Å². The van der Waals surface area contributed by atoms with Gasteiger partial charge in [0.1, 0.15) is 6.04 Å². The lowest BCUT2D eigenvalue weighted by Crippen LogP contribution is -2.46. The van der Waals surface area contributed by atoms with E-state index in [0.29, 0.717) is 0 Å². The van der Waals surface area contributed by atoms with Gasteiger partial charge >= 0.3 is 18.0 Å². The topological polar surface area (TPSA) is 116 Å². The number of hydrogen-bond acceptors (Lipinski definition) is 4. The Kier molecular flexibility index (Phi) is 5.31. The van der Waals surface area contributed by atoms with E-state index in [4.69, 9.17) is 10.2 Å². The van der Waals surface area contributed by atoms with Crippen LogP contribution in [0.4, 0.5) is 4.79 Å². The van der Waals surface area contributed by atoms with Crippen LogP contribution in [0.5, 0.6) is 0 Å². The third kappa shape index (κ3) is 5.38. The molecule has 104 valence electrons. The highest BCUT2D eigenvalue weighted by Crippen LogP contribution is 2.14. The van der Waals surface area contributed by atoms with Crippen molar-refractivity contribution in [3.63, 3.8) is 0 Å². The van der Waals surface area contributed by atoms with Gasteiger partial charge in [-0.2, -0.15) is 0 Å². The van der Waals surface area contributed by atoms with Gasteiger partial charge in [-0.25, -0.2) is 9.59 Å². The molecule has 4 N–H and O–H groups in total. The van der Waals surface area contributed by atoms with Crippen LogP contribution in [0.25, 0.3) is 0 Å². The molecule has 1 rings (SSSR count). The Bertz CT molecular complexity index is 485. The van der Waals surface area contributed by atoms with Crippen molar-refractivity contribution < 1.29 is 24.6 Å². The summed E-state index contributed by atoms with van der Waals surface area (Å²) in [5.74, 6) is -2.67. The highest BCUT2D eigenvalue weighted by atomic mass is 32.1. The van der Waals surface area contributed by atoms with Crippen molar-refractivity contribution in [2.75, 3.05) is 0 Å². The number of thiophene rings is 1. The third-order valence-corrected chi connectivity index (χ3v) is 3.20. The molecule has 0 aliphatic carbocycles. The maximum atomic E-state index is 11.4. The van der Waals surface area contributed by atoms with Gasteiger partial charge in [0.2, 0.25) is 0 Å². The number of carbonyl (C=O) groups excluding carboxylic acids is 1. The van der Waals surface area contributed by atoms with E-state index in [9.17, 15) is 14.4 Å². The second kappa shape index (κ2) is 6.74. The summed E-state index contributed by atoms with van der Waals surface area (Å²) in [6.07, 6.45) is -0.666. The van der Waals surface area contributed by atoms with Crippen molar-refractivity contribution >= 4 is 29.3 Å². The molecular weight excluding hydrogens is 272 g/mol. The average Bonchev–Trinajstić information content (AvgIpc) is 2.71. The fourth-order valence-electron chi connectivity index (χ4n) is 1.33. The molecule has 19 heavy (non-hydrogen) atoms. The molecule has 0 spiro atoms. The van der Waals surface area contributed by atoms with E-state index in [1.165, 1.54) is 11.3 Å². The Labute approximate surface area is 113 Å². The number of urea groups is 1. The maximum Gasteiger partial charge on any atom is 0.326 e. The van der Waals surface area contributed by atoms with E-state index in [-0.39, 0.29) is 6.54 Å². The molecule has 1 aromatic heterocycles. The van der Waals surface area contributed by atoms with Crippen LogP contribution in [0.15, 0.2) is 12.1 Å². The van der Waals surface area contributed by atoms with Crippen molar-refractivity contribution in [1.82, 2.24) is 10.6 Å². The van der Waals surface area contributed by atoms with E-state index >= 15 is 0 Å². The molecule has 1 atom stereocenters. The fraction of sp³-hybridized carbons (Fsp3) is 0.364. The number of carboxylic acid groups (broad SMARTS) is 2. The number of aryl methyl sites for hydroxylation is 1. The highest BCUT2D eigenvalue weighted by molar-refractivity contribution is 7.11. The Morgan fingerprint density at radius 3 is 2.47 bits per heavy atom. The summed E-state index contributed by atoms with van der Waals surface area (Å²) in [5.41, 5.74) is 0. The van der Waals surface area contributed by atoms with Crippen LogP contribution in [0.2, 0.25) is 0 Å². The lowest BCUT2D eigenvalue weighted by Gasteiger charge is -2.12. The number of aliphatic carboxylic acids is 2. The van der Waals surface area contributed by atoms with Gasteiger partial charge in [-0.3, -0.25) is 4.79 Å². The summed E-state index contributed by atoms with van der Waals surface area (Å²) in [4.78, 5) is 34.7. The van der Waals surface area contributed by atoms with Crippen molar-refractivity contribution in [2.24, 2.45) is 0 Å². The van der Waals surface area contributed by atoms with Crippen molar-refractivity contribution in [3.05, 3.63) is 21.9 Å². The minimum atomic E-state index is -1.44. The van der Waals surface area contributed by atoms with E-state index < -0.39 is 30.4 Å². The minimum Gasteiger partial charge on any atom is -0.481 e. The molecule has 0 fully saturated rings. The maximum absolute atomic E-state index is 11.4. The molecule has 0 aliphatic rings. The molecule has 1 aromatic rings. The van der Waals surface area contributed by atoms with E-state index in [0.717, 1.165) is 9.75 Å². The SMILES string of the molecule is Cc1ccc(CNC(=O)N[C@@H](CC(=O)O)C(=O)O)s1. The zero-order valence-corrected chi connectivity index (χ0v) is 11.0. The van der Waals surface area contributed by atoms with Crippen LogP contribution >= 0.6 is 11.3 Å². The Balaban J connectivity index is 2.44. The van der Waals surface area contributed by atoms with Crippen LogP contribution in [0, 0.1) is 6.92 Å². The third-order valence-electron chi connectivity index (χ3n) is 2.20. The molecule has 0 saturated heterocycles. The van der Waals surface area contributed by atoms with Crippen molar-refractivity contribution in [1.29, 1.82) is 0 Å². The van der Waals surface area contributed by atoms with Crippen LogP contribution in [0.3, 0.4) is 0 Å². The summed E-state index contributed by atoms with van der Waals surface area (Å²) in [6.45, 7) is 2.20. The Morgan fingerprint density at radius 2 is 2.00 bits per heavy atom. The van der Waals surface area contributed by atoms with E-state index in [1.807, 2.05) is 19.1 Å². The largest absolute Gasteiger partial charge is 0.481 e. The lowest BCUT2D eigenvalue weighted by atomic mass is 10.2. The van der Waals surface area contributed by atoms with E-state index in [1.54, 1.807) is 0 Å². The Hall–Kier alpha value is -2.09. The molecule has 0 saturated carbocycles. The monoisotopic (exact) mass is 286 g/mol. The number of carboxylic acids is 2. The zero-order valence-electron chi connectivity index (χ0n) is 10.2. The van der Waals surface area contributed by atoms with Gasteiger partial charge in [-0.1, -0.05) is 0 Å². The molecule has 0 unspecified atom stereocenters. The van der Waals surface area contributed by atoms with Crippen LogP contribution in [-0.4, -0.2) is 34.2 Å². The first-order valence-corrected chi connectivity index (χ1v) is 6.24. The van der Waals surface area contributed by atoms with Gasteiger partial charge in [0.25, 0.3) is 0 Å². The molecule has 7 nitrogen and oxygen atoms in total. The first kappa shape index (κ1) is 15.0.